The molecule has 1 amide bonds. The number of carbonyl (C=O) groups excluding carboxylic acids is 2. The predicted octanol–water partition coefficient (Wildman–Crippen LogP) is -0.332. The molecule has 0 aromatic heterocycles. The normalized spacial score (nSPS) is 9.68. The number of amides is 1. The van der Waals surface area contributed by atoms with Crippen LogP contribution >= 0.6 is 0 Å². The summed E-state index contributed by atoms with van der Waals surface area (Å²) >= 11 is 0. The van der Waals surface area contributed by atoms with Gasteiger partial charge in [-0.15, -0.1) is 0 Å². The van der Waals surface area contributed by atoms with E-state index in [9.17, 15) is 9.59 Å². The summed E-state index contributed by atoms with van der Waals surface area (Å²) in [5.74, 6) is -1.12. The van der Waals surface area contributed by atoms with Gasteiger partial charge >= 0.3 is 13.1 Å². The molecule has 0 aliphatic rings. The summed E-state index contributed by atoms with van der Waals surface area (Å²) in [6, 6.07) is 4.08. The molecule has 1 rings (SSSR count). The molecule has 0 unspecified atom stereocenters. The lowest BCUT2D eigenvalue weighted by Crippen LogP contribution is -2.35. The van der Waals surface area contributed by atoms with Crippen LogP contribution in [-0.2, 0) is 9.53 Å². The van der Waals surface area contributed by atoms with Crippen molar-refractivity contribution in [2.24, 2.45) is 0 Å². The van der Waals surface area contributed by atoms with Crippen molar-refractivity contribution >= 4 is 30.1 Å². The molecule has 0 spiro atoms. The Balaban J connectivity index is 3.15. The number of rotatable bonds is 4. The van der Waals surface area contributed by atoms with Gasteiger partial charge in [0.1, 0.15) is 0 Å². The van der Waals surface area contributed by atoms with Crippen LogP contribution in [0.15, 0.2) is 30.4 Å². The number of hydrogen-bond acceptors (Lipinski definition) is 5. The van der Waals surface area contributed by atoms with Crippen molar-refractivity contribution < 1.29 is 24.4 Å². The highest BCUT2D eigenvalue weighted by Crippen LogP contribution is 2.11. The average Bonchev–Trinajstić information content (AvgIpc) is 2.37. The molecular formula is C12H14BNO5. The molecule has 0 radical (unpaired) electrons. The Labute approximate surface area is 110 Å². The van der Waals surface area contributed by atoms with Gasteiger partial charge in [-0.25, -0.2) is 4.79 Å². The average molecular weight is 263 g/mol. The first kappa shape index (κ1) is 14.9. The minimum Gasteiger partial charge on any atom is -0.465 e. The Hall–Kier alpha value is -2.12. The van der Waals surface area contributed by atoms with Crippen LogP contribution < -0.4 is 10.8 Å². The third-order valence-electron chi connectivity index (χ3n) is 2.38. The van der Waals surface area contributed by atoms with Crippen LogP contribution in [0.4, 0.5) is 5.69 Å². The van der Waals surface area contributed by atoms with E-state index in [-0.39, 0.29) is 11.0 Å². The lowest BCUT2D eigenvalue weighted by atomic mass is 9.77. The second kappa shape index (κ2) is 6.17. The molecular weight excluding hydrogens is 249 g/mol. The molecule has 0 atom stereocenters. The van der Waals surface area contributed by atoms with E-state index in [1.165, 1.54) is 25.3 Å². The van der Waals surface area contributed by atoms with Crippen molar-refractivity contribution in [2.75, 3.05) is 12.4 Å². The number of benzene rings is 1. The summed E-state index contributed by atoms with van der Waals surface area (Å²) in [4.78, 5) is 23.0. The van der Waals surface area contributed by atoms with Crippen LogP contribution in [0.1, 0.15) is 17.3 Å². The standard InChI is InChI=1S/C12H14BNO5/c1-7(2)11(15)14-8-4-5-10(13(17)18)9(6-8)12(16)19-3/h4-6,17-18H,1H2,2-3H3,(H,14,15). The van der Waals surface area contributed by atoms with Gasteiger partial charge in [-0.05, 0) is 24.5 Å². The highest BCUT2D eigenvalue weighted by molar-refractivity contribution is 6.60. The molecule has 0 aliphatic carbocycles. The van der Waals surface area contributed by atoms with Crippen LogP contribution in [0, 0.1) is 0 Å². The molecule has 6 nitrogen and oxygen atoms in total. The van der Waals surface area contributed by atoms with Gasteiger partial charge in [0.05, 0.1) is 12.7 Å². The van der Waals surface area contributed by atoms with E-state index >= 15 is 0 Å². The molecule has 0 bridgehead atoms. The summed E-state index contributed by atoms with van der Waals surface area (Å²) in [7, 11) is -0.630. The van der Waals surface area contributed by atoms with E-state index in [0.717, 1.165) is 0 Å². The maximum absolute atomic E-state index is 11.5. The zero-order valence-corrected chi connectivity index (χ0v) is 10.6. The summed E-state index contributed by atoms with van der Waals surface area (Å²) in [5.41, 5.74) is 0.612. The van der Waals surface area contributed by atoms with E-state index in [2.05, 4.69) is 16.6 Å². The van der Waals surface area contributed by atoms with Crippen molar-refractivity contribution in [2.45, 2.75) is 6.92 Å². The maximum Gasteiger partial charge on any atom is 0.489 e. The first-order valence-electron chi connectivity index (χ1n) is 5.42. The molecule has 0 saturated heterocycles. The minimum atomic E-state index is -1.81. The molecule has 1 aromatic carbocycles. The lowest BCUT2D eigenvalue weighted by molar-refractivity contribution is -0.112. The van der Waals surface area contributed by atoms with Gasteiger partial charge in [0.2, 0.25) is 0 Å². The Kier molecular flexibility index (Phi) is 4.85. The molecule has 19 heavy (non-hydrogen) atoms. The second-order valence-electron chi connectivity index (χ2n) is 3.90. The summed E-state index contributed by atoms with van der Waals surface area (Å²) in [6.45, 7) is 5.03. The van der Waals surface area contributed by atoms with Crippen molar-refractivity contribution in [3.05, 3.63) is 35.9 Å². The highest BCUT2D eigenvalue weighted by Gasteiger charge is 2.21. The zero-order valence-electron chi connectivity index (χ0n) is 10.6. The number of anilines is 1. The van der Waals surface area contributed by atoms with Gasteiger partial charge < -0.3 is 20.1 Å². The zero-order chi connectivity index (χ0) is 14.6. The van der Waals surface area contributed by atoms with Crippen LogP contribution in [0.5, 0.6) is 0 Å². The monoisotopic (exact) mass is 263 g/mol. The van der Waals surface area contributed by atoms with Gasteiger partial charge in [-0.1, -0.05) is 12.6 Å². The number of ether oxygens (including phenoxy) is 1. The van der Waals surface area contributed by atoms with E-state index in [1.54, 1.807) is 6.92 Å². The summed E-state index contributed by atoms with van der Waals surface area (Å²) < 4.78 is 4.54. The molecule has 100 valence electrons. The third kappa shape index (κ3) is 3.67. The van der Waals surface area contributed by atoms with Gasteiger partial charge in [-0.2, -0.15) is 0 Å². The molecule has 7 heteroatoms. The van der Waals surface area contributed by atoms with Gasteiger partial charge in [0, 0.05) is 11.3 Å². The first-order valence-corrected chi connectivity index (χ1v) is 5.42. The maximum atomic E-state index is 11.5. The van der Waals surface area contributed by atoms with Crippen LogP contribution in [-0.4, -0.2) is 36.2 Å². The smallest absolute Gasteiger partial charge is 0.465 e. The first-order chi connectivity index (χ1) is 8.86. The molecule has 0 heterocycles. The van der Waals surface area contributed by atoms with E-state index in [4.69, 9.17) is 10.0 Å². The molecule has 0 saturated carbocycles. The molecule has 0 fully saturated rings. The number of esters is 1. The molecule has 3 N–H and O–H groups in total. The predicted molar refractivity (Wildman–Crippen MR) is 71.1 cm³/mol. The van der Waals surface area contributed by atoms with Crippen LogP contribution in [0.25, 0.3) is 0 Å². The van der Waals surface area contributed by atoms with Gasteiger partial charge in [0.15, 0.2) is 0 Å². The Bertz CT molecular complexity index is 527. The third-order valence-corrected chi connectivity index (χ3v) is 2.38. The van der Waals surface area contributed by atoms with Gasteiger partial charge in [-0.3, -0.25) is 4.79 Å². The van der Waals surface area contributed by atoms with Crippen molar-refractivity contribution in [3.63, 3.8) is 0 Å². The lowest BCUT2D eigenvalue weighted by Gasteiger charge is -2.10. The molecule has 0 aliphatic heterocycles. The van der Waals surface area contributed by atoms with Crippen molar-refractivity contribution in [1.82, 2.24) is 0 Å². The number of methoxy groups -OCH3 is 1. The Morgan fingerprint density at radius 1 is 1.37 bits per heavy atom. The van der Waals surface area contributed by atoms with E-state index < -0.39 is 19.0 Å². The fraction of sp³-hybridized carbons (Fsp3) is 0.167. The minimum absolute atomic E-state index is 0.000161. The van der Waals surface area contributed by atoms with Crippen molar-refractivity contribution in [3.8, 4) is 0 Å². The quantitative estimate of drug-likeness (QED) is 0.392. The molecule has 1 aromatic rings. The second-order valence-corrected chi connectivity index (χ2v) is 3.90. The summed E-state index contributed by atoms with van der Waals surface area (Å²) in [5, 5.41) is 20.8. The number of hydrogen-bond donors (Lipinski definition) is 3. The van der Waals surface area contributed by atoms with E-state index in [1.807, 2.05) is 0 Å². The topological polar surface area (TPSA) is 95.9 Å². The Morgan fingerprint density at radius 3 is 2.47 bits per heavy atom. The summed E-state index contributed by atoms with van der Waals surface area (Å²) in [6.07, 6.45) is 0. The fourth-order valence-electron chi connectivity index (χ4n) is 1.38. The van der Waals surface area contributed by atoms with Crippen LogP contribution in [0.2, 0.25) is 0 Å². The fourth-order valence-corrected chi connectivity index (χ4v) is 1.38. The highest BCUT2D eigenvalue weighted by atomic mass is 16.5. The SMILES string of the molecule is C=C(C)C(=O)Nc1ccc(B(O)O)c(C(=O)OC)c1. The van der Waals surface area contributed by atoms with E-state index in [0.29, 0.717) is 11.3 Å². The van der Waals surface area contributed by atoms with Gasteiger partial charge in [0.25, 0.3) is 5.91 Å². The number of carbonyl (C=O) groups is 2. The van der Waals surface area contributed by atoms with Crippen LogP contribution in [0.3, 0.4) is 0 Å². The van der Waals surface area contributed by atoms with Crippen molar-refractivity contribution in [1.29, 1.82) is 0 Å². The number of nitrogens with one attached hydrogen (secondary N) is 1. The largest absolute Gasteiger partial charge is 0.489 e. The Morgan fingerprint density at radius 2 is 2.00 bits per heavy atom.